The van der Waals surface area contributed by atoms with Crippen molar-refractivity contribution in [2.75, 3.05) is 23.2 Å². The van der Waals surface area contributed by atoms with E-state index in [-0.39, 0.29) is 11.7 Å². The van der Waals surface area contributed by atoms with Gasteiger partial charge in [0.2, 0.25) is 17.8 Å². The standard InChI is InChI=1S/C22H20BrN7O3/c1-32-17-7-5-16(6-8-17)26-21-27-20(24-13-18-3-2-10-33-18)28-22(29-21)30-25-12-14-11-15(23)4-9-19(14)31/h2-12,31H,13H2,1H3,(H3,24,26,27,28,29,30)/b25-12+. The summed E-state index contributed by atoms with van der Waals surface area (Å²) in [6, 6.07) is 16.0. The van der Waals surface area contributed by atoms with Gasteiger partial charge >= 0.3 is 0 Å². The van der Waals surface area contributed by atoms with Gasteiger partial charge in [0.1, 0.15) is 17.3 Å². The van der Waals surface area contributed by atoms with Gasteiger partial charge in [0.25, 0.3) is 0 Å². The number of hydrogen-bond acceptors (Lipinski definition) is 10. The molecule has 2 aromatic heterocycles. The number of phenols is 1. The van der Waals surface area contributed by atoms with Gasteiger partial charge in [-0.3, -0.25) is 0 Å². The SMILES string of the molecule is COc1ccc(Nc2nc(NCc3ccco3)nc(N/N=C/c3cc(Br)ccc3O)n2)cc1. The number of phenolic OH excluding ortho intramolecular Hbond substituents is 1. The average molecular weight is 510 g/mol. The van der Waals surface area contributed by atoms with Crippen molar-refractivity contribution in [3.63, 3.8) is 0 Å². The Morgan fingerprint density at radius 1 is 1.06 bits per heavy atom. The number of rotatable bonds is 9. The maximum Gasteiger partial charge on any atom is 0.250 e. The minimum atomic E-state index is 0.0991. The summed E-state index contributed by atoms with van der Waals surface area (Å²) in [5.41, 5.74) is 4.07. The van der Waals surface area contributed by atoms with Gasteiger partial charge in [0.05, 0.1) is 26.1 Å². The van der Waals surface area contributed by atoms with Gasteiger partial charge in [-0.1, -0.05) is 15.9 Å². The lowest BCUT2D eigenvalue weighted by molar-refractivity contribution is 0.415. The molecule has 0 spiro atoms. The Bertz CT molecular complexity index is 1230. The quantitative estimate of drug-likeness (QED) is 0.186. The van der Waals surface area contributed by atoms with Gasteiger partial charge in [-0.05, 0) is 54.6 Å². The second-order valence-electron chi connectivity index (χ2n) is 6.67. The Morgan fingerprint density at radius 3 is 2.61 bits per heavy atom. The second-order valence-corrected chi connectivity index (χ2v) is 7.58. The van der Waals surface area contributed by atoms with Crippen LogP contribution in [-0.2, 0) is 6.54 Å². The molecule has 0 saturated heterocycles. The van der Waals surface area contributed by atoms with Crippen molar-refractivity contribution in [1.29, 1.82) is 0 Å². The largest absolute Gasteiger partial charge is 0.507 e. The molecule has 0 saturated carbocycles. The maximum absolute atomic E-state index is 9.96. The summed E-state index contributed by atoms with van der Waals surface area (Å²) >= 11 is 3.37. The number of furan rings is 1. The van der Waals surface area contributed by atoms with Gasteiger partial charge in [-0.15, -0.1) is 0 Å². The van der Waals surface area contributed by atoms with E-state index in [2.05, 4.69) is 52.0 Å². The molecular formula is C22H20BrN7O3. The molecule has 0 aliphatic heterocycles. The summed E-state index contributed by atoms with van der Waals surface area (Å²) in [7, 11) is 1.61. The second kappa shape index (κ2) is 10.5. The molecule has 0 unspecified atom stereocenters. The topological polar surface area (TPSA) is 130 Å². The first-order valence-electron chi connectivity index (χ1n) is 9.80. The van der Waals surface area contributed by atoms with Crippen LogP contribution in [0.4, 0.5) is 23.5 Å². The summed E-state index contributed by atoms with van der Waals surface area (Å²) in [5, 5.41) is 20.3. The van der Waals surface area contributed by atoms with Crippen molar-refractivity contribution in [2.45, 2.75) is 6.54 Å². The Kier molecular flexibility index (Phi) is 7.00. The molecule has 4 rings (SSSR count). The fourth-order valence-electron chi connectivity index (χ4n) is 2.73. The molecule has 11 heteroatoms. The van der Waals surface area contributed by atoms with Crippen molar-refractivity contribution in [3.05, 3.63) is 76.7 Å². The molecular weight excluding hydrogens is 490 g/mol. The third-order valence-corrected chi connectivity index (χ3v) is 4.83. The zero-order valence-corrected chi connectivity index (χ0v) is 19.1. The lowest BCUT2D eigenvalue weighted by Crippen LogP contribution is -2.09. The normalized spacial score (nSPS) is 10.8. The molecule has 2 heterocycles. The zero-order chi connectivity index (χ0) is 23.0. The van der Waals surface area contributed by atoms with Crippen molar-refractivity contribution < 1.29 is 14.3 Å². The van der Waals surface area contributed by atoms with Gasteiger partial charge < -0.3 is 24.9 Å². The van der Waals surface area contributed by atoms with Crippen molar-refractivity contribution in [1.82, 2.24) is 15.0 Å². The molecule has 0 radical (unpaired) electrons. The number of benzene rings is 2. The Labute approximate surface area is 197 Å². The molecule has 0 aliphatic carbocycles. The monoisotopic (exact) mass is 509 g/mol. The minimum Gasteiger partial charge on any atom is -0.507 e. The van der Waals surface area contributed by atoms with E-state index in [1.54, 1.807) is 37.6 Å². The zero-order valence-electron chi connectivity index (χ0n) is 17.5. The number of nitrogens with zero attached hydrogens (tertiary/aromatic N) is 4. The molecule has 0 fully saturated rings. The number of aromatic nitrogens is 3. The van der Waals surface area contributed by atoms with E-state index in [1.165, 1.54) is 6.21 Å². The van der Waals surface area contributed by atoms with E-state index in [0.717, 1.165) is 21.7 Å². The highest BCUT2D eigenvalue weighted by Crippen LogP contribution is 2.21. The number of anilines is 4. The fraction of sp³-hybridized carbons (Fsp3) is 0.0909. The smallest absolute Gasteiger partial charge is 0.250 e. The first-order chi connectivity index (χ1) is 16.1. The molecule has 0 amide bonds. The predicted octanol–water partition coefficient (Wildman–Crippen LogP) is 4.74. The van der Waals surface area contributed by atoms with E-state index >= 15 is 0 Å². The number of hydrazone groups is 1. The number of ether oxygens (including phenoxy) is 1. The van der Waals surface area contributed by atoms with E-state index in [9.17, 15) is 5.11 Å². The van der Waals surface area contributed by atoms with E-state index < -0.39 is 0 Å². The van der Waals surface area contributed by atoms with Crippen LogP contribution in [0.1, 0.15) is 11.3 Å². The Hall–Kier alpha value is -4.12. The molecule has 10 nitrogen and oxygen atoms in total. The summed E-state index contributed by atoms with van der Waals surface area (Å²) < 4.78 is 11.3. The van der Waals surface area contributed by atoms with Gasteiger partial charge in [-0.25, -0.2) is 5.43 Å². The highest BCUT2D eigenvalue weighted by molar-refractivity contribution is 9.10. The van der Waals surface area contributed by atoms with Gasteiger partial charge in [0.15, 0.2) is 0 Å². The highest BCUT2D eigenvalue weighted by atomic mass is 79.9. The van der Waals surface area contributed by atoms with Crippen LogP contribution >= 0.6 is 15.9 Å². The third-order valence-electron chi connectivity index (χ3n) is 4.34. The number of aromatic hydroxyl groups is 1. The molecule has 0 aliphatic rings. The average Bonchev–Trinajstić information content (AvgIpc) is 3.34. The van der Waals surface area contributed by atoms with Gasteiger partial charge in [-0.2, -0.15) is 20.1 Å². The first-order valence-corrected chi connectivity index (χ1v) is 10.6. The highest BCUT2D eigenvalue weighted by Gasteiger charge is 2.08. The van der Waals surface area contributed by atoms with Crippen LogP contribution in [-0.4, -0.2) is 33.4 Å². The van der Waals surface area contributed by atoms with Crippen molar-refractivity contribution in [3.8, 4) is 11.5 Å². The Balaban J connectivity index is 1.54. The van der Waals surface area contributed by atoms with E-state index in [0.29, 0.717) is 24.0 Å². The van der Waals surface area contributed by atoms with Crippen LogP contribution in [0.5, 0.6) is 11.5 Å². The van der Waals surface area contributed by atoms with Crippen LogP contribution in [0.3, 0.4) is 0 Å². The lowest BCUT2D eigenvalue weighted by Gasteiger charge is -2.10. The fourth-order valence-corrected chi connectivity index (χ4v) is 3.11. The maximum atomic E-state index is 9.96. The van der Waals surface area contributed by atoms with E-state index in [1.807, 2.05) is 30.3 Å². The summed E-state index contributed by atoms with van der Waals surface area (Å²) in [6.07, 6.45) is 3.07. The van der Waals surface area contributed by atoms with Crippen molar-refractivity contribution in [2.24, 2.45) is 5.10 Å². The lowest BCUT2D eigenvalue weighted by atomic mass is 10.2. The summed E-state index contributed by atoms with van der Waals surface area (Å²) in [4.78, 5) is 13.1. The van der Waals surface area contributed by atoms with Crippen LogP contribution in [0.15, 0.2) is 74.9 Å². The van der Waals surface area contributed by atoms with Crippen LogP contribution in [0.25, 0.3) is 0 Å². The number of methoxy groups -OCH3 is 1. The molecule has 168 valence electrons. The Morgan fingerprint density at radius 2 is 1.85 bits per heavy atom. The third kappa shape index (κ3) is 6.20. The molecule has 4 N–H and O–H groups in total. The van der Waals surface area contributed by atoms with Crippen molar-refractivity contribution >= 4 is 45.7 Å². The molecule has 2 aromatic carbocycles. The number of halogens is 1. The first kappa shape index (κ1) is 22.1. The number of hydrogen-bond donors (Lipinski definition) is 4. The van der Waals surface area contributed by atoms with Crippen LogP contribution in [0, 0.1) is 0 Å². The van der Waals surface area contributed by atoms with Crippen LogP contribution < -0.4 is 20.8 Å². The van der Waals surface area contributed by atoms with E-state index in [4.69, 9.17) is 9.15 Å². The molecule has 33 heavy (non-hydrogen) atoms. The molecule has 4 aromatic rings. The number of nitrogens with one attached hydrogen (secondary N) is 3. The summed E-state index contributed by atoms with van der Waals surface area (Å²) in [6.45, 7) is 0.396. The summed E-state index contributed by atoms with van der Waals surface area (Å²) in [5.74, 6) is 2.40. The molecule has 0 bridgehead atoms. The van der Waals surface area contributed by atoms with Crippen LogP contribution in [0.2, 0.25) is 0 Å². The van der Waals surface area contributed by atoms with Gasteiger partial charge in [0, 0.05) is 15.7 Å². The predicted molar refractivity (Wildman–Crippen MR) is 129 cm³/mol. The molecule has 0 atom stereocenters. The minimum absolute atomic E-state index is 0.0991.